The van der Waals surface area contributed by atoms with Crippen molar-refractivity contribution in [2.45, 2.75) is 19.8 Å². The van der Waals surface area contributed by atoms with Gasteiger partial charge in [-0.25, -0.2) is 0 Å². The van der Waals surface area contributed by atoms with E-state index in [9.17, 15) is 5.11 Å². The van der Waals surface area contributed by atoms with Gasteiger partial charge in [0.15, 0.2) is 11.5 Å². The van der Waals surface area contributed by atoms with Crippen molar-refractivity contribution in [3.63, 3.8) is 0 Å². The summed E-state index contributed by atoms with van der Waals surface area (Å²) in [7, 11) is 1.57. The quantitative estimate of drug-likeness (QED) is 0.830. The van der Waals surface area contributed by atoms with Crippen LogP contribution in [0.25, 0.3) is 0 Å². The third-order valence-electron chi connectivity index (χ3n) is 3.54. The molecule has 0 spiro atoms. The van der Waals surface area contributed by atoms with E-state index in [0.29, 0.717) is 5.75 Å². The molecule has 0 atom stereocenters. The molecule has 2 heteroatoms. The molecule has 1 N–H and O–H groups in total. The zero-order chi connectivity index (χ0) is 14.5. The molecule has 0 radical (unpaired) electrons. The molecular formula is C18H20O2. The number of methoxy groups -OCH3 is 1. The van der Waals surface area contributed by atoms with Crippen LogP contribution in [-0.4, -0.2) is 12.2 Å². The largest absolute Gasteiger partial charge is 0.504 e. The summed E-state index contributed by atoms with van der Waals surface area (Å²) in [4.78, 5) is 0. The van der Waals surface area contributed by atoms with Gasteiger partial charge < -0.3 is 9.84 Å². The molecule has 2 nitrogen and oxygen atoms in total. The van der Waals surface area contributed by atoms with Crippen LogP contribution >= 0.6 is 0 Å². The second-order valence-corrected chi connectivity index (χ2v) is 4.85. The van der Waals surface area contributed by atoms with Gasteiger partial charge in [-0.15, -0.1) is 6.58 Å². The summed E-state index contributed by atoms with van der Waals surface area (Å²) in [6.07, 6.45) is 3.44. The van der Waals surface area contributed by atoms with Crippen molar-refractivity contribution in [1.82, 2.24) is 0 Å². The van der Waals surface area contributed by atoms with Crippen molar-refractivity contribution < 1.29 is 9.84 Å². The van der Waals surface area contributed by atoms with Crippen molar-refractivity contribution in [1.29, 1.82) is 0 Å². The van der Waals surface area contributed by atoms with Crippen LogP contribution in [0.1, 0.15) is 22.3 Å². The number of rotatable bonds is 5. The molecule has 0 saturated heterocycles. The predicted molar refractivity (Wildman–Crippen MR) is 82.5 cm³/mol. The molecule has 2 aromatic carbocycles. The van der Waals surface area contributed by atoms with Gasteiger partial charge >= 0.3 is 0 Å². The second kappa shape index (κ2) is 6.29. The number of phenolic OH excluding ortho intramolecular Hbond substituents is 1. The first-order valence-corrected chi connectivity index (χ1v) is 6.70. The fraction of sp³-hybridized carbons (Fsp3) is 0.222. The maximum Gasteiger partial charge on any atom is 0.161 e. The van der Waals surface area contributed by atoms with E-state index in [-0.39, 0.29) is 5.75 Å². The van der Waals surface area contributed by atoms with E-state index in [0.717, 1.165) is 29.5 Å². The van der Waals surface area contributed by atoms with Crippen LogP contribution in [0.15, 0.2) is 49.1 Å². The van der Waals surface area contributed by atoms with Crippen LogP contribution in [0.4, 0.5) is 0 Å². The lowest BCUT2D eigenvalue weighted by molar-refractivity contribution is 0.371. The number of phenols is 1. The minimum atomic E-state index is 0.228. The van der Waals surface area contributed by atoms with Crippen LogP contribution < -0.4 is 4.74 Å². The van der Waals surface area contributed by atoms with Crippen LogP contribution in [0.3, 0.4) is 0 Å². The average Bonchev–Trinajstić information content (AvgIpc) is 2.48. The zero-order valence-corrected chi connectivity index (χ0v) is 12.0. The maximum atomic E-state index is 10.2. The summed E-state index contributed by atoms with van der Waals surface area (Å²) in [5.41, 5.74) is 4.40. The van der Waals surface area contributed by atoms with Gasteiger partial charge in [-0.05, 0) is 48.1 Å². The summed E-state index contributed by atoms with van der Waals surface area (Å²) in [6, 6.07) is 12.2. The lowest BCUT2D eigenvalue weighted by atomic mass is 9.92. The highest BCUT2D eigenvalue weighted by atomic mass is 16.5. The molecule has 0 heterocycles. The average molecular weight is 268 g/mol. The first-order valence-electron chi connectivity index (χ1n) is 6.70. The molecule has 2 rings (SSSR count). The minimum absolute atomic E-state index is 0.228. The molecule has 0 aliphatic carbocycles. The third kappa shape index (κ3) is 2.85. The summed E-state index contributed by atoms with van der Waals surface area (Å²) in [5.74, 6) is 0.752. The molecule has 0 fully saturated rings. The van der Waals surface area contributed by atoms with E-state index < -0.39 is 0 Å². The molecule has 104 valence electrons. The first-order chi connectivity index (χ1) is 9.67. The van der Waals surface area contributed by atoms with Crippen molar-refractivity contribution >= 4 is 0 Å². The Morgan fingerprint density at radius 3 is 2.55 bits per heavy atom. The number of ether oxygens (including phenoxy) is 1. The molecule has 0 aliphatic rings. The van der Waals surface area contributed by atoms with Gasteiger partial charge in [0.05, 0.1) is 7.11 Å². The van der Waals surface area contributed by atoms with E-state index in [1.807, 2.05) is 37.3 Å². The Bertz CT molecular complexity index is 601. The van der Waals surface area contributed by atoms with Crippen LogP contribution in [0.5, 0.6) is 11.5 Å². The smallest absolute Gasteiger partial charge is 0.161 e. The fourth-order valence-corrected chi connectivity index (χ4v) is 2.42. The Balaban J connectivity index is 2.49. The Morgan fingerprint density at radius 1 is 1.25 bits per heavy atom. The minimum Gasteiger partial charge on any atom is -0.504 e. The molecule has 0 aliphatic heterocycles. The van der Waals surface area contributed by atoms with Gasteiger partial charge in [0.2, 0.25) is 0 Å². The maximum absolute atomic E-state index is 10.2. The highest BCUT2D eigenvalue weighted by Crippen LogP contribution is 2.35. The Hall–Kier alpha value is -2.22. The van der Waals surface area contributed by atoms with Gasteiger partial charge in [0.1, 0.15) is 0 Å². The molecule has 2 aromatic rings. The Kier molecular flexibility index (Phi) is 4.46. The van der Waals surface area contributed by atoms with E-state index in [2.05, 4.69) is 18.7 Å². The number of hydrogen-bond donors (Lipinski definition) is 1. The molecule has 20 heavy (non-hydrogen) atoms. The fourth-order valence-electron chi connectivity index (χ4n) is 2.42. The van der Waals surface area contributed by atoms with Gasteiger partial charge in [-0.1, -0.05) is 36.4 Å². The Morgan fingerprint density at radius 2 is 1.95 bits per heavy atom. The van der Waals surface area contributed by atoms with E-state index >= 15 is 0 Å². The molecular weight excluding hydrogens is 248 g/mol. The van der Waals surface area contributed by atoms with Crippen LogP contribution in [0, 0.1) is 6.92 Å². The van der Waals surface area contributed by atoms with Crippen LogP contribution in [0.2, 0.25) is 0 Å². The molecule has 0 saturated carbocycles. The lowest BCUT2D eigenvalue weighted by Crippen LogP contribution is -2.01. The number of hydrogen-bond acceptors (Lipinski definition) is 2. The monoisotopic (exact) mass is 268 g/mol. The highest BCUT2D eigenvalue weighted by Gasteiger charge is 2.14. The predicted octanol–water partition coefficient (Wildman–Crippen LogP) is 4.03. The van der Waals surface area contributed by atoms with Crippen molar-refractivity contribution in [2.24, 2.45) is 0 Å². The van der Waals surface area contributed by atoms with Gasteiger partial charge in [-0.2, -0.15) is 0 Å². The Labute approximate surface area is 120 Å². The molecule has 0 aromatic heterocycles. The van der Waals surface area contributed by atoms with E-state index in [1.54, 1.807) is 7.11 Å². The summed E-state index contributed by atoms with van der Waals surface area (Å²) in [5, 5.41) is 10.2. The normalized spacial score (nSPS) is 10.3. The van der Waals surface area contributed by atoms with Gasteiger partial charge in [-0.3, -0.25) is 0 Å². The van der Waals surface area contributed by atoms with Gasteiger partial charge in [0, 0.05) is 0 Å². The number of allylic oxidation sites excluding steroid dienone is 1. The summed E-state index contributed by atoms with van der Waals surface area (Å²) < 4.78 is 5.23. The molecule has 0 amide bonds. The van der Waals surface area contributed by atoms with Crippen molar-refractivity contribution in [2.75, 3.05) is 7.11 Å². The van der Waals surface area contributed by atoms with E-state index in [1.165, 1.54) is 5.56 Å². The zero-order valence-electron chi connectivity index (χ0n) is 12.0. The number of aromatic hydroxyl groups is 1. The standard InChI is InChI=1S/C18H20O2/c1-4-8-15-12-17(20-3)18(19)13(2)16(15)11-14-9-6-5-7-10-14/h4-7,9-10,12,19H,1,8,11H2,2-3H3. The van der Waals surface area contributed by atoms with Crippen molar-refractivity contribution in [3.8, 4) is 11.5 Å². The number of benzene rings is 2. The lowest BCUT2D eigenvalue weighted by Gasteiger charge is -2.16. The van der Waals surface area contributed by atoms with Gasteiger partial charge in [0.25, 0.3) is 0 Å². The summed E-state index contributed by atoms with van der Waals surface area (Å²) >= 11 is 0. The third-order valence-corrected chi connectivity index (χ3v) is 3.54. The molecule has 0 bridgehead atoms. The second-order valence-electron chi connectivity index (χ2n) is 4.85. The summed E-state index contributed by atoms with van der Waals surface area (Å²) in [6.45, 7) is 5.74. The molecule has 0 unspecified atom stereocenters. The van der Waals surface area contributed by atoms with E-state index in [4.69, 9.17) is 4.74 Å². The van der Waals surface area contributed by atoms with Crippen molar-refractivity contribution in [3.05, 3.63) is 71.3 Å². The first kappa shape index (κ1) is 14.2. The highest BCUT2D eigenvalue weighted by molar-refractivity contribution is 5.54. The topological polar surface area (TPSA) is 29.5 Å². The van der Waals surface area contributed by atoms with Crippen LogP contribution in [-0.2, 0) is 12.8 Å². The SMILES string of the molecule is C=CCc1cc(OC)c(O)c(C)c1Cc1ccccc1.